The normalized spacial score (nSPS) is 12.5. The van der Waals surface area contributed by atoms with E-state index in [2.05, 4.69) is 127 Å². The van der Waals surface area contributed by atoms with E-state index in [9.17, 15) is 0 Å². The standard InChI is InChI=1S/C65H30B13NO/c66-50-46(48-54(70)58(74)60(76)59(75)55(48)71)51(67)53(69)47(52(50)68)49-56(72)61(77)63(62(78)57(49)73)79(43-24-12-10-21-38(43)39-22-13-25-44-45(39)40-28-26-31-14-7-8-19-35(31)64(40)80-44)34-27-29-37-36-20-9-11-23-41(36)65(42(37)30-34,32-15-3-1-4-16-32)33-17-5-2-6-18-33/h1-30H. The molecule has 340 valence electrons. The number of anilines is 3. The van der Waals surface area contributed by atoms with Gasteiger partial charge in [0.05, 0.1) is 11.1 Å². The number of fused-ring (bicyclic) bond motifs is 8. The minimum atomic E-state index is -0.779. The lowest BCUT2D eigenvalue weighted by molar-refractivity contribution is 0.673. The molecule has 0 bridgehead atoms. The van der Waals surface area contributed by atoms with Gasteiger partial charge in [0.15, 0.2) is 0 Å². The summed E-state index contributed by atoms with van der Waals surface area (Å²) in [4.78, 5) is 2.02. The van der Waals surface area contributed by atoms with E-state index in [-0.39, 0.29) is 99.0 Å². The van der Waals surface area contributed by atoms with Gasteiger partial charge in [0, 0.05) is 33.1 Å². The van der Waals surface area contributed by atoms with Crippen LogP contribution in [0.5, 0.6) is 0 Å². The fourth-order valence-electron chi connectivity index (χ4n) is 12.4. The second-order valence-corrected chi connectivity index (χ2v) is 20.3. The van der Waals surface area contributed by atoms with Crippen molar-refractivity contribution in [1.29, 1.82) is 0 Å². The summed E-state index contributed by atoms with van der Waals surface area (Å²) in [5.74, 6) is 0. The van der Waals surface area contributed by atoms with Gasteiger partial charge in [0.2, 0.25) is 0 Å². The Morgan fingerprint density at radius 1 is 0.325 bits per heavy atom. The third-order valence-corrected chi connectivity index (χ3v) is 16.2. The van der Waals surface area contributed by atoms with Gasteiger partial charge < -0.3 is 9.32 Å². The fourth-order valence-corrected chi connectivity index (χ4v) is 12.4. The molecule has 12 aromatic rings. The fraction of sp³-hybridized carbons (Fsp3) is 0.0154. The maximum absolute atomic E-state index is 7.52. The third kappa shape index (κ3) is 7.38. The van der Waals surface area contributed by atoms with Gasteiger partial charge in [-0.15, -0.1) is 16.4 Å². The third-order valence-electron chi connectivity index (χ3n) is 16.2. The average molecular weight is 982 g/mol. The maximum atomic E-state index is 7.52. The average Bonchev–Trinajstić information content (AvgIpc) is 4.14. The Hall–Kier alpha value is -7.88. The van der Waals surface area contributed by atoms with Gasteiger partial charge in [-0.25, -0.2) is 0 Å². The molecule has 0 unspecified atom stereocenters. The SMILES string of the molecule is [B]c1c([B])c([B])c(-c2c([B])c([B])c(-c3c([B])c([B])c(N(c4ccc5c(c4)C(c4ccccc4)(c4ccccc4)c4ccccc4-5)c4ccccc4-c4cccc5oc6c7ccccc7ccc6c45)c([B])c3[B])c([B])c2[B])c([B])c1[B]. The molecule has 1 heterocycles. The molecule has 11 aromatic carbocycles. The van der Waals surface area contributed by atoms with Gasteiger partial charge in [-0.1, -0.05) is 206 Å². The highest BCUT2D eigenvalue weighted by Crippen LogP contribution is 2.57. The van der Waals surface area contributed by atoms with Gasteiger partial charge in [0.25, 0.3) is 0 Å². The molecule has 1 aliphatic rings. The van der Waals surface area contributed by atoms with Crippen LogP contribution in [-0.4, -0.2) is 102 Å². The summed E-state index contributed by atoms with van der Waals surface area (Å²) in [5, 5.41) is 3.94. The van der Waals surface area contributed by atoms with Crippen molar-refractivity contribution in [2.75, 3.05) is 4.90 Å². The zero-order chi connectivity index (χ0) is 55.6. The highest BCUT2D eigenvalue weighted by molar-refractivity contribution is 6.72. The zero-order valence-corrected chi connectivity index (χ0v) is 43.2. The molecular formula is C65H30B13NO. The Balaban J connectivity index is 1.10. The zero-order valence-electron chi connectivity index (χ0n) is 43.2. The highest BCUT2D eigenvalue weighted by Gasteiger charge is 2.46. The molecule has 0 atom stereocenters. The number of para-hydroxylation sites is 1. The van der Waals surface area contributed by atoms with E-state index < -0.39 is 5.41 Å². The van der Waals surface area contributed by atoms with Crippen LogP contribution in [0.2, 0.25) is 0 Å². The Bertz CT molecular complexity index is 4470. The van der Waals surface area contributed by atoms with E-state index in [0.717, 1.165) is 71.6 Å². The van der Waals surface area contributed by atoms with Crippen LogP contribution < -0.4 is 75.9 Å². The monoisotopic (exact) mass is 983 g/mol. The lowest BCUT2D eigenvalue weighted by Gasteiger charge is -2.37. The van der Waals surface area contributed by atoms with Crippen molar-refractivity contribution in [1.82, 2.24) is 0 Å². The van der Waals surface area contributed by atoms with Crippen LogP contribution in [0.1, 0.15) is 22.3 Å². The first-order valence-corrected chi connectivity index (χ1v) is 25.8. The molecule has 0 fully saturated rings. The van der Waals surface area contributed by atoms with Crippen molar-refractivity contribution in [3.8, 4) is 44.5 Å². The van der Waals surface area contributed by atoms with Crippen LogP contribution in [0.3, 0.4) is 0 Å². The van der Waals surface area contributed by atoms with Crippen LogP contribution in [0.4, 0.5) is 17.1 Å². The van der Waals surface area contributed by atoms with Crippen molar-refractivity contribution < 1.29 is 4.42 Å². The second-order valence-electron chi connectivity index (χ2n) is 20.3. The first kappa shape index (κ1) is 51.6. The Morgan fingerprint density at radius 2 is 0.787 bits per heavy atom. The molecule has 0 saturated heterocycles. The summed E-state index contributed by atoms with van der Waals surface area (Å²) in [6.45, 7) is 0. The van der Waals surface area contributed by atoms with Crippen LogP contribution in [-0.2, 0) is 5.41 Å². The van der Waals surface area contributed by atoms with Crippen LogP contribution in [0.25, 0.3) is 77.2 Å². The van der Waals surface area contributed by atoms with E-state index >= 15 is 0 Å². The first-order valence-electron chi connectivity index (χ1n) is 25.8. The van der Waals surface area contributed by atoms with Gasteiger partial charge in [-0.05, 0) is 96.9 Å². The minimum Gasteiger partial charge on any atom is -0.455 e. The number of rotatable bonds is 8. The lowest BCUT2D eigenvalue weighted by Crippen LogP contribution is -2.57. The molecule has 26 radical (unpaired) electrons. The first-order chi connectivity index (χ1) is 38.7. The molecule has 1 aliphatic carbocycles. The molecule has 0 N–H and O–H groups in total. The van der Waals surface area contributed by atoms with E-state index in [1.807, 2.05) is 59.5 Å². The maximum Gasteiger partial charge on any atom is 0.143 e. The molecule has 1 aromatic heterocycles. The summed E-state index contributed by atoms with van der Waals surface area (Å²) < 4.78 is 6.75. The Morgan fingerprint density at radius 3 is 1.39 bits per heavy atom. The van der Waals surface area contributed by atoms with Crippen LogP contribution in [0, 0.1) is 0 Å². The number of hydrogen-bond acceptors (Lipinski definition) is 2. The number of nitrogens with zero attached hydrogens (tertiary/aromatic N) is 1. The molecule has 0 spiro atoms. The van der Waals surface area contributed by atoms with Crippen molar-refractivity contribution in [2.45, 2.75) is 5.41 Å². The van der Waals surface area contributed by atoms with Crippen molar-refractivity contribution in [3.05, 3.63) is 204 Å². The van der Waals surface area contributed by atoms with Crippen LogP contribution in [0.15, 0.2) is 186 Å². The van der Waals surface area contributed by atoms with Crippen LogP contribution >= 0.6 is 0 Å². The Labute approximate surface area is 483 Å². The van der Waals surface area contributed by atoms with Gasteiger partial charge in [-0.3, -0.25) is 0 Å². The van der Waals surface area contributed by atoms with Crippen molar-refractivity contribution in [3.63, 3.8) is 0 Å². The number of furan rings is 1. The quantitative estimate of drug-likeness (QED) is 0.217. The van der Waals surface area contributed by atoms with Gasteiger partial charge in [0.1, 0.15) is 113 Å². The number of benzene rings is 11. The summed E-state index contributed by atoms with van der Waals surface area (Å²) in [6.07, 6.45) is 0. The minimum absolute atomic E-state index is 0.000772. The molecule has 80 heavy (non-hydrogen) atoms. The molecule has 0 saturated carbocycles. The molecule has 15 heteroatoms. The second kappa shape index (κ2) is 19.4. The lowest BCUT2D eigenvalue weighted by atomic mass is 9.55. The largest absolute Gasteiger partial charge is 0.455 e. The summed E-state index contributed by atoms with van der Waals surface area (Å²) >= 11 is 0. The van der Waals surface area contributed by atoms with Gasteiger partial charge in [-0.2, -0.15) is 0 Å². The Kier molecular flexibility index (Phi) is 12.5. The van der Waals surface area contributed by atoms with E-state index in [1.165, 1.54) is 0 Å². The number of hydrogen-bond donors (Lipinski definition) is 0. The van der Waals surface area contributed by atoms with Gasteiger partial charge >= 0.3 is 0 Å². The molecule has 2 nitrogen and oxygen atoms in total. The highest BCUT2D eigenvalue weighted by atomic mass is 16.3. The summed E-state index contributed by atoms with van der Waals surface area (Å²) in [6, 6.07) is 62.7. The summed E-state index contributed by atoms with van der Waals surface area (Å²) in [7, 11) is 89.4. The molecule has 0 aliphatic heterocycles. The molecule has 13 rings (SSSR count). The van der Waals surface area contributed by atoms with E-state index in [1.54, 1.807) is 0 Å². The smallest absolute Gasteiger partial charge is 0.143 e. The van der Waals surface area contributed by atoms with E-state index in [0.29, 0.717) is 17.0 Å². The molecular weight excluding hydrogens is 951 g/mol. The predicted molar refractivity (Wildman–Crippen MR) is 350 cm³/mol. The van der Waals surface area contributed by atoms with E-state index in [4.69, 9.17) is 106 Å². The predicted octanol–water partition coefficient (Wildman–Crippen LogP) is 1.89. The topological polar surface area (TPSA) is 16.4 Å². The summed E-state index contributed by atoms with van der Waals surface area (Å²) in [5.41, 5.74) is 10.6. The van der Waals surface area contributed by atoms with Crippen molar-refractivity contribution >= 4 is 223 Å². The molecule has 0 amide bonds. The van der Waals surface area contributed by atoms with Crippen molar-refractivity contribution in [2.24, 2.45) is 0 Å².